The summed E-state index contributed by atoms with van der Waals surface area (Å²) in [6.45, 7) is 0.805. The Hall–Kier alpha value is -2.64. The average Bonchev–Trinajstić information content (AvgIpc) is 2.53. The molecule has 1 amide bonds. The number of nitriles is 1. The monoisotopic (exact) mass is 279 g/mol. The largest absolute Gasteiger partial charge is 0.321 e. The van der Waals surface area contributed by atoms with Crippen molar-refractivity contribution < 1.29 is 4.79 Å². The summed E-state index contributed by atoms with van der Waals surface area (Å²) in [4.78, 5) is 12.4. The molecule has 0 aliphatic rings. The molecule has 2 aromatic carbocycles. The van der Waals surface area contributed by atoms with E-state index < -0.39 is 0 Å². The maximum atomic E-state index is 12.4. The van der Waals surface area contributed by atoms with Crippen molar-refractivity contribution in [3.8, 4) is 6.07 Å². The number of hydrogen-bond donors (Lipinski definition) is 2. The van der Waals surface area contributed by atoms with Gasteiger partial charge in [0.2, 0.25) is 0 Å². The van der Waals surface area contributed by atoms with Gasteiger partial charge in [-0.25, -0.2) is 0 Å². The quantitative estimate of drug-likeness (QED) is 0.884. The van der Waals surface area contributed by atoms with E-state index in [1.807, 2.05) is 25.2 Å². The minimum atomic E-state index is -0.190. The summed E-state index contributed by atoms with van der Waals surface area (Å²) >= 11 is 0. The van der Waals surface area contributed by atoms with Gasteiger partial charge in [-0.1, -0.05) is 30.3 Å². The van der Waals surface area contributed by atoms with Gasteiger partial charge in [-0.15, -0.1) is 0 Å². The fourth-order valence-electron chi connectivity index (χ4n) is 2.10. The third-order valence-electron chi connectivity index (χ3n) is 3.20. The molecule has 4 heteroatoms. The van der Waals surface area contributed by atoms with E-state index in [2.05, 4.69) is 16.7 Å². The van der Waals surface area contributed by atoms with E-state index in [0.717, 1.165) is 18.5 Å². The van der Waals surface area contributed by atoms with Crippen molar-refractivity contribution in [1.29, 1.82) is 5.26 Å². The number of amides is 1. The van der Waals surface area contributed by atoms with Crippen LogP contribution in [0.15, 0.2) is 48.5 Å². The molecular formula is C17H17N3O. The molecule has 0 radical (unpaired) electrons. The van der Waals surface area contributed by atoms with Crippen molar-refractivity contribution in [1.82, 2.24) is 5.32 Å². The lowest BCUT2D eigenvalue weighted by Gasteiger charge is -2.11. The van der Waals surface area contributed by atoms with E-state index in [1.54, 1.807) is 30.3 Å². The molecule has 0 aromatic heterocycles. The molecule has 0 spiro atoms. The van der Waals surface area contributed by atoms with Gasteiger partial charge in [0.05, 0.1) is 11.3 Å². The highest BCUT2D eigenvalue weighted by Gasteiger charge is 2.12. The van der Waals surface area contributed by atoms with Crippen molar-refractivity contribution >= 4 is 11.6 Å². The second-order valence-electron chi connectivity index (χ2n) is 4.62. The average molecular weight is 279 g/mol. The van der Waals surface area contributed by atoms with Crippen LogP contribution in [0.2, 0.25) is 0 Å². The molecule has 0 bridgehead atoms. The second kappa shape index (κ2) is 7.22. The zero-order valence-corrected chi connectivity index (χ0v) is 11.9. The Balaban J connectivity index is 2.23. The Kier molecular flexibility index (Phi) is 5.08. The molecule has 4 nitrogen and oxygen atoms in total. The molecule has 0 aliphatic heterocycles. The predicted octanol–water partition coefficient (Wildman–Crippen LogP) is 2.57. The SMILES string of the molecule is CNCCc1ccccc1C(=O)Nc1ccccc1C#N. The van der Waals surface area contributed by atoms with Crippen LogP contribution in [0.25, 0.3) is 0 Å². The Labute approximate surface area is 124 Å². The highest BCUT2D eigenvalue weighted by Crippen LogP contribution is 2.17. The van der Waals surface area contributed by atoms with Gasteiger partial charge in [-0.05, 0) is 43.8 Å². The van der Waals surface area contributed by atoms with Gasteiger partial charge >= 0.3 is 0 Å². The minimum absolute atomic E-state index is 0.190. The van der Waals surface area contributed by atoms with Gasteiger partial charge in [0.15, 0.2) is 0 Å². The number of hydrogen-bond acceptors (Lipinski definition) is 3. The minimum Gasteiger partial charge on any atom is -0.321 e. The summed E-state index contributed by atoms with van der Waals surface area (Å²) in [6, 6.07) is 16.6. The topological polar surface area (TPSA) is 64.9 Å². The third kappa shape index (κ3) is 3.68. The molecule has 0 atom stereocenters. The van der Waals surface area contributed by atoms with E-state index >= 15 is 0 Å². The van der Waals surface area contributed by atoms with Gasteiger partial charge < -0.3 is 10.6 Å². The van der Waals surface area contributed by atoms with Crippen LogP contribution < -0.4 is 10.6 Å². The molecule has 0 saturated heterocycles. The molecular weight excluding hydrogens is 262 g/mol. The molecule has 2 N–H and O–H groups in total. The molecule has 0 saturated carbocycles. The smallest absolute Gasteiger partial charge is 0.255 e. The van der Waals surface area contributed by atoms with Gasteiger partial charge in [0.25, 0.3) is 5.91 Å². The summed E-state index contributed by atoms with van der Waals surface area (Å²) in [5.74, 6) is -0.190. The van der Waals surface area contributed by atoms with E-state index in [9.17, 15) is 4.79 Å². The first-order valence-electron chi connectivity index (χ1n) is 6.79. The standard InChI is InChI=1S/C17H17N3O/c1-19-11-10-13-6-2-4-8-15(13)17(21)20-16-9-5-3-7-14(16)12-18/h2-9,19H,10-11H2,1H3,(H,20,21). The van der Waals surface area contributed by atoms with Crippen LogP contribution in [0, 0.1) is 11.3 Å². The van der Waals surface area contributed by atoms with Crippen molar-refractivity contribution in [3.05, 3.63) is 65.2 Å². The fourth-order valence-corrected chi connectivity index (χ4v) is 2.10. The van der Waals surface area contributed by atoms with Gasteiger partial charge in [-0.2, -0.15) is 5.26 Å². The Bertz CT molecular complexity index is 674. The highest BCUT2D eigenvalue weighted by atomic mass is 16.1. The van der Waals surface area contributed by atoms with Crippen LogP contribution in [0.1, 0.15) is 21.5 Å². The number of carbonyl (C=O) groups is 1. The first-order valence-corrected chi connectivity index (χ1v) is 6.79. The normalized spacial score (nSPS) is 9.90. The molecule has 106 valence electrons. The molecule has 0 fully saturated rings. The number of nitrogens with one attached hydrogen (secondary N) is 2. The number of para-hydroxylation sites is 1. The maximum Gasteiger partial charge on any atom is 0.255 e. The van der Waals surface area contributed by atoms with E-state index in [-0.39, 0.29) is 5.91 Å². The second-order valence-corrected chi connectivity index (χ2v) is 4.62. The van der Waals surface area contributed by atoms with Crippen LogP contribution in [-0.4, -0.2) is 19.5 Å². The predicted molar refractivity (Wildman–Crippen MR) is 83.2 cm³/mol. The first-order chi connectivity index (χ1) is 10.3. The van der Waals surface area contributed by atoms with Crippen molar-refractivity contribution in [2.24, 2.45) is 0 Å². The fraction of sp³-hybridized carbons (Fsp3) is 0.176. The summed E-state index contributed by atoms with van der Waals surface area (Å²) in [7, 11) is 1.88. The van der Waals surface area contributed by atoms with Crippen LogP contribution in [-0.2, 0) is 6.42 Å². The van der Waals surface area contributed by atoms with Gasteiger partial charge in [0.1, 0.15) is 6.07 Å². The van der Waals surface area contributed by atoms with E-state index in [1.165, 1.54) is 0 Å². The lowest BCUT2D eigenvalue weighted by Crippen LogP contribution is -2.17. The van der Waals surface area contributed by atoms with E-state index in [0.29, 0.717) is 16.8 Å². The van der Waals surface area contributed by atoms with Crippen LogP contribution in [0.4, 0.5) is 5.69 Å². The van der Waals surface area contributed by atoms with Crippen LogP contribution in [0.3, 0.4) is 0 Å². The van der Waals surface area contributed by atoms with Gasteiger partial charge in [-0.3, -0.25) is 4.79 Å². The van der Waals surface area contributed by atoms with Crippen LogP contribution in [0.5, 0.6) is 0 Å². The van der Waals surface area contributed by atoms with Gasteiger partial charge in [0, 0.05) is 5.56 Å². The maximum absolute atomic E-state index is 12.4. The molecule has 21 heavy (non-hydrogen) atoms. The summed E-state index contributed by atoms with van der Waals surface area (Å²) in [5.41, 5.74) is 2.62. The number of anilines is 1. The Morgan fingerprint density at radius 2 is 1.86 bits per heavy atom. The molecule has 2 aromatic rings. The van der Waals surface area contributed by atoms with Crippen molar-refractivity contribution in [2.75, 3.05) is 18.9 Å². The number of benzene rings is 2. The van der Waals surface area contributed by atoms with Crippen molar-refractivity contribution in [3.63, 3.8) is 0 Å². The van der Waals surface area contributed by atoms with E-state index in [4.69, 9.17) is 5.26 Å². The molecule has 2 rings (SSSR count). The Morgan fingerprint density at radius 3 is 2.62 bits per heavy atom. The summed E-state index contributed by atoms with van der Waals surface area (Å²) in [5, 5.41) is 15.0. The van der Waals surface area contributed by atoms with Crippen LogP contribution >= 0.6 is 0 Å². The summed E-state index contributed by atoms with van der Waals surface area (Å²) < 4.78 is 0. The molecule has 0 unspecified atom stereocenters. The van der Waals surface area contributed by atoms with Crippen molar-refractivity contribution in [2.45, 2.75) is 6.42 Å². The lowest BCUT2D eigenvalue weighted by atomic mass is 10.0. The third-order valence-corrected chi connectivity index (χ3v) is 3.20. The molecule has 0 heterocycles. The number of likely N-dealkylation sites (N-methyl/N-ethyl adjacent to an activating group) is 1. The lowest BCUT2D eigenvalue weighted by molar-refractivity contribution is 0.102. The first kappa shape index (κ1) is 14.8. The highest BCUT2D eigenvalue weighted by molar-refractivity contribution is 6.05. The number of carbonyl (C=O) groups excluding carboxylic acids is 1. The molecule has 0 aliphatic carbocycles. The zero-order chi connectivity index (χ0) is 15.1. The zero-order valence-electron chi connectivity index (χ0n) is 11.9. The number of rotatable bonds is 5. The summed E-state index contributed by atoms with van der Waals surface area (Å²) in [6.07, 6.45) is 0.778. The Morgan fingerprint density at radius 1 is 1.14 bits per heavy atom. The number of nitrogens with zero attached hydrogens (tertiary/aromatic N) is 1.